The Kier molecular flexibility index (Phi) is 4.25. The molecule has 1 N–H and O–H groups in total. The number of piperidine rings is 1. The minimum atomic E-state index is -2.63. The molecule has 112 valence electrons. The van der Waals surface area contributed by atoms with E-state index in [0.717, 1.165) is 17.8 Å². The lowest BCUT2D eigenvalue weighted by Crippen LogP contribution is -2.47. The first-order valence-electron chi connectivity index (χ1n) is 6.85. The number of carbonyl (C=O) groups excluding carboxylic acids is 1. The standard InChI is InChI=1S/C13H20F2N4O/c1-3-19-10(2)11(9-17-19)8-16-12(20)18-6-4-13(14,15)5-7-18/h9H,3-8H2,1-2H3,(H,16,20). The van der Waals surface area contributed by atoms with Crippen molar-refractivity contribution in [1.29, 1.82) is 0 Å². The Morgan fingerprint density at radius 1 is 1.45 bits per heavy atom. The third-order valence-electron chi connectivity index (χ3n) is 3.72. The summed E-state index contributed by atoms with van der Waals surface area (Å²) in [5, 5.41) is 6.96. The highest BCUT2D eigenvalue weighted by Gasteiger charge is 2.35. The molecule has 0 atom stereocenters. The van der Waals surface area contributed by atoms with E-state index in [1.807, 2.05) is 18.5 Å². The molecule has 0 radical (unpaired) electrons. The third kappa shape index (κ3) is 3.26. The number of alkyl halides is 2. The molecular weight excluding hydrogens is 266 g/mol. The molecule has 7 heteroatoms. The largest absolute Gasteiger partial charge is 0.334 e. The molecule has 0 spiro atoms. The van der Waals surface area contributed by atoms with Gasteiger partial charge in [-0.25, -0.2) is 13.6 Å². The van der Waals surface area contributed by atoms with Gasteiger partial charge in [-0.15, -0.1) is 0 Å². The first-order chi connectivity index (χ1) is 9.43. The molecule has 1 aromatic heterocycles. The van der Waals surface area contributed by atoms with Crippen molar-refractivity contribution >= 4 is 6.03 Å². The fourth-order valence-corrected chi connectivity index (χ4v) is 2.30. The number of nitrogens with zero attached hydrogens (tertiary/aromatic N) is 3. The highest BCUT2D eigenvalue weighted by Crippen LogP contribution is 2.27. The number of hydrogen-bond donors (Lipinski definition) is 1. The van der Waals surface area contributed by atoms with E-state index >= 15 is 0 Å². The zero-order valence-electron chi connectivity index (χ0n) is 11.8. The van der Waals surface area contributed by atoms with Gasteiger partial charge in [-0.1, -0.05) is 0 Å². The van der Waals surface area contributed by atoms with Gasteiger partial charge in [0, 0.05) is 50.3 Å². The first kappa shape index (κ1) is 14.7. The lowest BCUT2D eigenvalue weighted by molar-refractivity contribution is -0.0469. The number of urea groups is 1. The van der Waals surface area contributed by atoms with Crippen molar-refractivity contribution in [3.63, 3.8) is 0 Å². The van der Waals surface area contributed by atoms with Crippen molar-refractivity contribution in [1.82, 2.24) is 20.0 Å². The summed E-state index contributed by atoms with van der Waals surface area (Å²) in [7, 11) is 0. The molecule has 0 aromatic carbocycles. The van der Waals surface area contributed by atoms with Crippen molar-refractivity contribution in [2.75, 3.05) is 13.1 Å². The van der Waals surface area contributed by atoms with Gasteiger partial charge in [0.15, 0.2) is 0 Å². The fraction of sp³-hybridized carbons (Fsp3) is 0.692. The molecule has 2 amide bonds. The van der Waals surface area contributed by atoms with Crippen LogP contribution in [0.4, 0.5) is 13.6 Å². The quantitative estimate of drug-likeness (QED) is 0.925. The van der Waals surface area contributed by atoms with Crippen LogP contribution < -0.4 is 5.32 Å². The first-order valence-corrected chi connectivity index (χ1v) is 6.85. The Morgan fingerprint density at radius 3 is 2.65 bits per heavy atom. The molecule has 0 aliphatic carbocycles. The van der Waals surface area contributed by atoms with Crippen LogP contribution in [0.1, 0.15) is 31.0 Å². The molecule has 0 bridgehead atoms. The lowest BCUT2D eigenvalue weighted by Gasteiger charge is -2.31. The Morgan fingerprint density at radius 2 is 2.10 bits per heavy atom. The van der Waals surface area contributed by atoms with Crippen molar-refractivity contribution in [2.24, 2.45) is 0 Å². The van der Waals surface area contributed by atoms with E-state index in [-0.39, 0.29) is 32.0 Å². The minimum absolute atomic E-state index is 0.103. The zero-order chi connectivity index (χ0) is 14.8. The van der Waals surface area contributed by atoms with Crippen LogP contribution in [0.3, 0.4) is 0 Å². The summed E-state index contributed by atoms with van der Waals surface area (Å²) in [6.07, 6.45) is 1.21. The lowest BCUT2D eigenvalue weighted by atomic mass is 10.1. The molecule has 5 nitrogen and oxygen atoms in total. The van der Waals surface area contributed by atoms with Gasteiger partial charge >= 0.3 is 6.03 Å². The topological polar surface area (TPSA) is 50.2 Å². The normalized spacial score (nSPS) is 18.1. The maximum Gasteiger partial charge on any atom is 0.317 e. The number of carbonyl (C=O) groups is 1. The summed E-state index contributed by atoms with van der Waals surface area (Å²) >= 11 is 0. The van der Waals surface area contributed by atoms with E-state index in [4.69, 9.17) is 0 Å². The van der Waals surface area contributed by atoms with Crippen LogP contribution >= 0.6 is 0 Å². The fourth-order valence-electron chi connectivity index (χ4n) is 2.30. The predicted octanol–water partition coefficient (Wildman–Crippen LogP) is 2.15. The Hall–Kier alpha value is -1.66. The highest BCUT2D eigenvalue weighted by atomic mass is 19.3. The second kappa shape index (κ2) is 5.76. The van der Waals surface area contributed by atoms with Crippen LogP contribution in [-0.2, 0) is 13.1 Å². The SMILES string of the molecule is CCn1ncc(CNC(=O)N2CCC(F)(F)CC2)c1C. The summed E-state index contributed by atoms with van der Waals surface area (Å²) in [6, 6.07) is -0.288. The number of likely N-dealkylation sites (tertiary alicyclic amines) is 1. The van der Waals surface area contributed by atoms with Gasteiger partial charge < -0.3 is 10.2 Å². The molecule has 1 aliphatic heterocycles. The van der Waals surface area contributed by atoms with Crippen molar-refractivity contribution in [3.05, 3.63) is 17.5 Å². The van der Waals surface area contributed by atoms with Crippen molar-refractivity contribution in [2.45, 2.75) is 45.7 Å². The van der Waals surface area contributed by atoms with Crippen LogP contribution in [0.2, 0.25) is 0 Å². The molecule has 1 saturated heterocycles. The number of nitrogens with one attached hydrogen (secondary N) is 1. The van der Waals surface area contributed by atoms with Crippen LogP contribution in [0.15, 0.2) is 6.20 Å². The smallest absolute Gasteiger partial charge is 0.317 e. The van der Waals surface area contributed by atoms with Gasteiger partial charge in [0.05, 0.1) is 6.20 Å². The van der Waals surface area contributed by atoms with E-state index in [0.29, 0.717) is 6.54 Å². The predicted molar refractivity (Wildman–Crippen MR) is 70.6 cm³/mol. The number of rotatable bonds is 3. The average molecular weight is 286 g/mol. The average Bonchev–Trinajstić information content (AvgIpc) is 2.76. The third-order valence-corrected chi connectivity index (χ3v) is 3.72. The maximum absolute atomic E-state index is 13.0. The van der Waals surface area contributed by atoms with Crippen LogP contribution in [0.5, 0.6) is 0 Å². The van der Waals surface area contributed by atoms with Crippen LogP contribution in [-0.4, -0.2) is 39.7 Å². The number of aromatic nitrogens is 2. The zero-order valence-corrected chi connectivity index (χ0v) is 11.8. The second-order valence-corrected chi connectivity index (χ2v) is 5.07. The van der Waals surface area contributed by atoms with E-state index < -0.39 is 5.92 Å². The van der Waals surface area contributed by atoms with Gasteiger partial charge in [0.25, 0.3) is 5.92 Å². The maximum atomic E-state index is 13.0. The van der Waals surface area contributed by atoms with Gasteiger partial charge in [-0.2, -0.15) is 5.10 Å². The molecule has 2 heterocycles. The molecule has 2 rings (SSSR count). The van der Waals surface area contributed by atoms with Gasteiger partial charge in [0.1, 0.15) is 0 Å². The van der Waals surface area contributed by atoms with Crippen LogP contribution in [0, 0.1) is 6.92 Å². The minimum Gasteiger partial charge on any atom is -0.334 e. The molecule has 1 fully saturated rings. The Labute approximate surface area is 116 Å². The van der Waals surface area contributed by atoms with Crippen molar-refractivity contribution in [3.8, 4) is 0 Å². The van der Waals surface area contributed by atoms with Gasteiger partial charge in [-0.3, -0.25) is 4.68 Å². The molecular formula is C13H20F2N4O. The van der Waals surface area contributed by atoms with E-state index in [2.05, 4.69) is 10.4 Å². The molecule has 0 saturated carbocycles. The summed E-state index contributed by atoms with van der Waals surface area (Å²) < 4.78 is 27.9. The molecule has 0 unspecified atom stereocenters. The van der Waals surface area contributed by atoms with Crippen LogP contribution in [0.25, 0.3) is 0 Å². The number of aryl methyl sites for hydroxylation is 1. The number of amides is 2. The van der Waals surface area contributed by atoms with Gasteiger partial charge in [-0.05, 0) is 13.8 Å². The Bertz CT molecular complexity index is 477. The van der Waals surface area contributed by atoms with Gasteiger partial charge in [0.2, 0.25) is 0 Å². The monoisotopic (exact) mass is 286 g/mol. The van der Waals surface area contributed by atoms with E-state index in [1.165, 1.54) is 4.90 Å². The molecule has 1 aromatic rings. The highest BCUT2D eigenvalue weighted by molar-refractivity contribution is 5.74. The summed E-state index contributed by atoms with van der Waals surface area (Å²) in [6.45, 7) is 5.30. The number of hydrogen-bond acceptors (Lipinski definition) is 2. The number of halogens is 2. The Balaban J connectivity index is 1.85. The van der Waals surface area contributed by atoms with Crippen molar-refractivity contribution < 1.29 is 13.6 Å². The van der Waals surface area contributed by atoms with E-state index in [1.54, 1.807) is 6.20 Å². The summed E-state index contributed by atoms with van der Waals surface area (Å²) in [5.74, 6) is -2.63. The van der Waals surface area contributed by atoms with E-state index in [9.17, 15) is 13.6 Å². The molecule has 1 aliphatic rings. The molecule has 20 heavy (non-hydrogen) atoms. The second-order valence-electron chi connectivity index (χ2n) is 5.07. The summed E-state index contributed by atoms with van der Waals surface area (Å²) in [4.78, 5) is 13.4. The summed E-state index contributed by atoms with van der Waals surface area (Å²) in [5.41, 5.74) is 1.96.